The molecule has 0 aliphatic carbocycles. The van der Waals surface area contributed by atoms with Crippen molar-refractivity contribution in [3.05, 3.63) is 69.8 Å². The second-order valence-corrected chi connectivity index (χ2v) is 7.45. The van der Waals surface area contributed by atoms with Crippen molar-refractivity contribution in [3.63, 3.8) is 0 Å². The Bertz CT molecular complexity index is 914. The first-order valence-electron chi connectivity index (χ1n) is 10.1. The Morgan fingerprint density at radius 3 is 2.60 bits per heavy atom. The smallest absolute Gasteiger partial charge is 0.292 e. The zero-order chi connectivity index (χ0) is 21.5. The van der Waals surface area contributed by atoms with Gasteiger partial charge in [-0.3, -0.25) is 19.7 Å². The molecule has 1 atom stereocenters. The molecule has 2 N–H and O–H groups in total. The topological polar surface area (TPSA) is 105 Å². The number of rotatable bonds is 7. The van der Waals surface area contributed by atoms with Crippen LogP contribution in [-0.4, -0.2) is 47.8 Å². The molecule has 1 heterocycles. The second-order valence-electron chi connectivity index (χ2n) is 7.45. The summed E-state index contributed by atoms with van der Waals surface area (Å²) in [5.41, 5.74) is 2.15. The molecule has 0 spiro atoms. The highest BCUT2D eigenvalue weighted by Crippen LogP contribution is 2.23. The lowest BCUT2D eigenvalue weighted by molar-refractivity contribution is -0.384. The van der Waals surface area contributed by atoms with Gasteiger partial charge in [0, 0.05) is 37.8 Å². The maximum atomic E-state index is 12.7. The average Bonchev–Trinajstić information content (AvgIpc) is 2.77. The van der Waals surface area contributed by atoms with Crippen LogP contribution >= 0.6 is 0 Å². The molecule has 8 nitrogen and oxygen atoms in total. The third-order valence-corrected chi connectivity index (χ3v) is 5.22. The molecule has 0 radical (unpaired) electrons. The van der Waals surface area contributed by atoms with E-state index in [0.29, 0.717) is 37.4 Å². The molecule has 158 valence electrons. The number of carbonyl (C=O) groups is 2. The summed E-state index contributed by atoms with van der Waals surface area (Å²) in [7, 11) is 0. The Balaban J connectivity index is 1.48. The van der Waals surface area contributed by atoms with Crippen LogP contribution in [0.4, 0.5) is 11.4 Å². The fraction of sp³-hybridized carbons (Fsp3) is 0.364. The number of nitrogens with one attached hydrogen (secondary N) is 2. The molecule has 1 unspecified atom stereocenters. The van der Waals surface area contributed by atoms with E-state index < -0.39 is 4.92 Å². The van der Waals surface area contributed by atoms with E-state index in [4.69, 9.17) is 0 Å². The van der Waals surface area contributed by atoms with Gasteiger partial charge in [-0.1, -0.05) is 29.8 Å². The summed E-state index contributed by atoms with van der Waals surface area (Å²) in [6.45, 7) is 3.73. The van der Waals surface area contributed by atoms with Crippen molar-refractivity contribution >= 4 is 23.2 Å². The minimum absolute atomic E-state index is 0.00127. The minimum Gasteiger partial charge on any atom is -0.378 e. The number of carbonyl (C=O) groups excluding carboxylic acids is 2. The summed E-state index contributed by atoms with van der Waals surface area (Å²) in [6.07, 6.45) is 1.52. The Kier molecular flexibility index (Phi) is 7.00. The first-order valence-corrected chi connectivity index (χ1v) is 10.1. The van der Waals surface area contributed by atoms with Crippen molar-refractivity contribution in [1.29, 1.82) is 0 Å². The lowest BCUT2D eigenvalue weighted by Crippen LogP contribution is -2.46. The van der Waals surface area contributed by atoms with Gasteiger partial charge in [-0.05, 0) is 38.0 Å². The van der Waals surface area contributed by atoms with E-state index in [2.05, 4.69) is 10.6 Å². The number of nitro groups is 1. The van der Waals surface area contributed by atoms with Crippen LogP contribution in [0.25, 0.3) is 0 Å². The second kappa shape index (κ2) is 9.87. The van der Waals surface area contributed by atoms with Crippen molar-refractivity contribution in [3.8, 4) is 0 Å². The highest BCUT2D eigenvalue weighted by Gasteiger charge is 2.28. The molecule has 2 aromatic carbocycles. The maximum Gasteiger partial charge on any atom is 0.292 e. The lowest BCUT2D eigenvalue weighted by Gasteiger charge is -2.32. The Morgan fingerprint density at radius 1 is 1.13 bits per heavy atom. The number of hydrogen-bond acceptors (Lipinski definition) is 5. The Morgan fingerprint density at radius 2 is 1.87 bits per heavy atom. The molecule has 1 fully saturated rings. The Hall–Kier alpha value is -3.42. The zero-order valence-electron chi connectivity index (χ0n) is 17.0. The van der Waals surface area contributed by atoms with Crippen molar-refractivity contribution in [2.75, 3.05) is 31.5 Å². The molecule has 3 rings (SSSR count). The standard InChI is InChI=1S/C22H26N4O4/c1-16-8-10-17(11-9-16)22(28)25-14-4-5-18(15-25)21(27)24-13-12-23-19-6-2-3-7-20(19)26(29)30/h2-3,6-11,18,23H,4-5,12-15H2,1H3,(H,24,27). The van der Waals surface area contributed by atoms with Gasteiger partial charge < -0.3 is 15.5 Å². The van der Waals surface area contributed by atoms with Crippen LogP contribution in [0.2, 0.25) is 0 Å². The van der Waals surface area contributed by atoms with E-state index in [1.807, 2.05) is 31.2 Å². The first-order chi connectivity index (χ1) is 14.5. The van der Waals surface area contributed by atoms with Crippen LogP contribution in [0.5, 0.6) is 0 Å². The third kappa shape index (κ3) is 5.34. The molecule has 2 aromatic rings. The van der Waals surface area contributed by atoms with Gasteiger partial charge in [0.25, 0.3) is 11.6 Å². The summed E-state index contributed by atoms with van der Waals surface area (Å²) in [6, 6.07) is 13.8. The van der Waals surface area contributed by atoms with E-state index in [9.17, 15) is 19.7 Å². The van der Waals surface area contributed by atoms with Crippen molar-refractivity contribution < 1.29 is 14.5 Å². The number of amides is 2. The predicted octanol–water partition coefficient (Wildman–Crippen LogP) is 2.98. The first kappa shape index (κ1) is 21.3. The van der Waals surface area contributed by atoms with Crippen LogP contribution in [0.1, 0.15) is 28.8 Å². The van der Waals surface area contributed by atoms with E-state index >= 15 is 0 Å². The third-order valence-electron chi connectivity index (χ3n) is 5.22. The zero-order valence-corrected chi connectivity index (χ0v) is 17.0. The summed E-state index contributed by atoms with van der Waals surface area (Å²) in [5.74, 6) is -0.398. The van der Waals surface area contributed by atoms with Crippen LogP contribution in [-0.2, 0) is 4.79 Å². The number of hydrogen-bond donors (Lipinski definition) is 2. The lowest BCUT2D eigenvalue weighted by atomic mass is 9.96. The number of aryl methyl sites for hydroxylation is 1. The molecule has 1 aliphatic heterocycles. The van der Waals surface area contributed by atoms with Crippen LogP contribution in [0.3, 0.4) is 0 Å². The van der Waals surface area contributed by atoms with Gasteiger partial charge in [0.1, 0.15) is 5.69 Å². The summed E-state index contributed by atoms with van der Waals surface area (Å²) in [5, 5.41) is 16.9. The highest BCUT2D eigenvalue weighted by molar-refractivity contribution is 5.94. The van der Waals surface area contributed by atoms with E-state index in [1.54, 1.807) is 23.1 Å². The van der Waals surface area contributed by atoms with Gasteiger partial charge in [-0.2, -0.15) is 0 Å². The van der Waals surface area contributed by atoms with Crippen molar-refractivity contribution in [1.82, 2.24) is 10.2 Å². The normalized spacial score (nSPS) is 16.0. The number of anilines is 1. The van der Waals surface area contributed by atoms with E-state index in [0.717, 1.165) is 18.4 Å². The van der Waals surface area contributed by atoms with Crippen LogP contribution in [0.15, 0.2) is 48.5 Å². The van der Waals surface area contributed by atoms with E-state index in [1.165, 1.54) is 6.07 Å². The molecule has 0 saturated carbocycles. The fourth-order valence-electron chi connectivity index (χ4n) is 3.56. The number of benzene rings is 2. The molecular formula is C22H26N4O4. The molecule has 30 heavy (non-hydrogen) atoms. The van der Waals surface area contributed by atoms with Gasteiger partial charge in [0.05, 0.1) is 10.8 Å². The van der Waals surface area contributed by atoms with E-state index in [-0.39, 0.29) is 23.4 Å². The number of nitrogens with zero attached hydrogens (tertiary/aromatic N) is 2. The molecule has 0 aromatic heterocycles. The average molecular weight is 410 g/mol. The van der Waals surface area contributed by atoms with Gasteiger partial charge in [0.15, 0.2) is 0 Å². The fourth-order valence-corrected chi connectivity index (χ4v) is 3.56. The summed E-state index contributed by atoms with van der Waals surface area (Å²) in [4.78, 5) is 37.6. The Labute approximate surface area is 175 Å². The van der Waals surface area contributed by atoms with Crippen molar-refractivity contribution in [2.24, 2.45) is 5.92 Å². The quantitative estimate of drug-likeness (QED) is 0.415. The van der Waals surface area contributed by atoms with Crippen LogP contribution < -0.4 is 10.6 Å². The maximum absolute atomic E-state index is 12.7. The number of piperidine rings is 1. The summed E-state index contributed by atoms with van der Waals surface area (Å²) >= 11 is 0. The van der Waals surface area contributed by atoms with Crippen LogP contribution in [0, 0.1) is 23.0 Å². The predicted molar refractivity (Wildman–Crippen MR) is 114 cm³/mol. The molecule has 1 aliphatic rings. The van der Waals surface area contributed by atoms with Gasteiger partial charge in [-0.15, -0.1) is 0 Å². The molecule has 8 heteroatoms. The molecular weight excluding hydrogens is 384 g/mol. The van der Waals surface area contributed by atoms with Gasteiger partial charge in [0.2, 0.25) is 5.91 Å². The molecule has 1 saturated heterocycles. The van der Waals surface area contributed by atoms with Gasteiger partial charge in [-0.25, -0.2) is 0 Å². The molecule has 2 amide bonds. The minimum atomic E-state index is -0.442. The van der Waals surface area contributed by atoms with Gasteiger partial charge >= 0.3 is 0 Å². The highest BCUT2D eigenvalue weighted by atomic mass is 16.6. The SMILES string of the molecule is Cc1ccc(C(=O)N2CCCC(C(=O)NCCNc3ccccc3[N+](=O)[O-])C2)cc1. The largest absolute Gasteiger partial charge is 0.378 e. The number of nitro benzene ring substituents is 1. The molecule has 0 bridgehead atoms. The monoisotopic (exact) mass is 410 g/mol. The van der Waals surface area contributed by atoms with Crippen molar-refractivity contribution in [2.45, 2.75) is 19.8 Å². The summed E-state index contributed by atoms with van der Waals surface area (Å²) < 4.78 is 0. The number of para-hydroxylation sites is 2. The number of likely N-dealkylation sites (tertiary alicyclic amines) is 1.